The molecule has 1 fully saturated rings. The van der Waals surface area contributed by atoms with Crippen molar-refractivity contribution in [3.05, 3.63) is 17.7 Å². The molecule has 98 valence electrons. The zero-order valence-corrected chi connectivity index (χ0v) is 11.3. The van der Waals surface area contributed by atoms with Crippen LogP contribution in [-0.2, 0) is 6.54 Å². The second-order valence-corrected chi connectivity index (χ2v) is 5.80. The van der Waals surface area contributed by atoms with Crippen LogP contribution in [-0.4, -0.2) is 38.5 Å². The molecule has 0 amide bonds. The van der Waals surface area contributed by atoms with E-state index in [1.165, 1.54) is 30.2 Å². The Kier molecular flexibility index (Phi) is 3.52. The summed E-state index contributed by atoms with van der Waals surface area (Å²) in [5.41, 5.74) is 1.26. The van der Waals surface area contributed by atoms with E-state index < -0.39 is 0 Å². The van der Waals surface area contributed by atoms with Crippen molar-refractivity contribution >= 4 is 11.8 Å². The maximum Gasteiger partial charge on any atom is 0.231 e. The van der Waals surface area contributed by atoms with Crippen LogP contribution in [0.3, 0.4) is 0 Å². The van der Waals surface area contributed by atoms with Gasteiger partial charge in [-0.2, -0.15) is 11.8 Å². The van der Waals surface area contributed by atoms with Gasteiger partial charge in [0.2, 0.25) is 12.5 Å². The van der Waals surface area contributed by atoms with Crippen LogP contribution in [0.4, 0.5) is 0 Å². The van der Waals surface area contributed by atoms with Crippen molar-refractivity contribution in [3.63, 3.8) is 0 Å². The topological polar surface area (TPSA) is 32.1 Å². The predicted octanol–water partition coefficient (Wildman–Crippen LogP) is 0.556. The molecular weight excluding hydrogens is 250 g/mol. The van der Waals surface area contributed by atoms with Gasteiger partial charge in [0.15, 0.2) is 11.5 Å². The fourth-order valence-electron chi connectivity index (χ4n) is 2.41. The maximum absolute atomic E-state index is 5.46. The number of quaternary nitrogens is 1. The molecule has 0 atom stereocenters. The van der Waals surface area contributed by atoms with Crippen molar-refractivity contribution in [2.24, 2.45) is 0 Å². The monoisotopic (exact) mass is 268 g/mol. The Bertz CT molecular complexity index is 432. The highest BCUT2D eigenvalue weighted by molar-refractivity contribution is 7.99. The molecule has 1 aromatic carbocycles. The number of fused-ring (bicyclic) bond motifs is 1. The van der Waals surface area contributed by atoms with Crippen molar-refractivity contribution in [1.29, 1.82) is 0 Å². The molecule has 2 aliphatic rings. The lowest BCUT2D eigenvalue weighted by Crippen LogP contribution is -3.12. The molecule has 18 heavy (non-hydrogen) atoms. The Hall–Kier alpha value is -1.07. The molecule has 1 aromatic rings. The Morgan fingerprint density at radius 2 is 2.11 bits per heavy atom. The number of hydrogen-bond acceptors (Lipinski definition) is 4. The molecule has 1 saturated heterocycles. The van der Waals surface area contributed by atoms with Gasteiger partial charge in [-0.15, -0.1) is 0 Å². The van der Waals surface area contributed by atoms with E-state index >= 15 is 0 Å². The van der Waals surface area contributed by atoms with Crippen molar-refractivity contribution in [1.82, 2.24) is 0 Å². The first-order valence-electron chi connectivity index (χ1n) is 6.24. The highest BCUT2D eigenvalue weighted by atomic mass is 32.2. The summed E-state index contributed by atoms with van der Waals surface area (Å²) >= 11 is 2.05. The predicted molar refractivity (Wildman–Crippen MR) is 70.8 cm³/mol. The lowest BCUT2D eigenvalue weighted by Gasteiger charge is -2.23. The molecular formula is C13H18NO3S+. The third-order valence-electron chi connectivity index (χ3n) is 3.37. The van der Waals surface area contributed by atoms with E-state index in [4.69, 9.17) is 14.2 Å². The normalized spacial score (nSPS) is 18.9. The lowest BCUT2D eigenvalue weighted by atomic mass is 10.1. The summed E-state index contributed by atoms with van der Waals surface area (Å²) in [5.74, 6) is 4.86. The molecule has 3 rings (SSSR count). The molecule has 0 aromatic heterocycles. The second kappa shape index (κ2) is 5.28. The summed E-state index contributed by atoms with van der Waals surface area (Å²) < 4.78 is 16.2. The molecule has 1 N–H and O–H groups in total. The number of thioether (sulfide) groups is 1. The fourth-order valence-corrected chi connectivity index (χ4v) is 3.48. The van der Waals surface area contributed by atoms with Gasteiger partial charge in [0, 0.05) is 17.1 Å². The standard InChI is InChI=1S/C13H17NO3S/c1-15-11-6-10(7-12-13(11)17-9-16-12)8-14-2-4-18-5-3-14/h6-7H,2-5,8-9H2,1H3/p+1. The number of rotatable bonds is 3. The largest absolute Gasteiger partial charge is 0.493 e. The first kappa shape index (κ1) is 12.0. The van der Waals surface area contributed by atoms with Crippen LogP contribution in [0.1, 0.15) is 5.56 Å². The van der Waals surface area contributed by atoms with Gasteiger partial charge in [-0.1, -0.05) is 0 Å². The third-order valence-corrected chi connectivity index (χ3v) is 4.36. The quantitative estimate of drug-likeness (QED) is 0.868. The Morgan fingerprint density at radius 1 is 1.28 bits per heavy atom. The average Bonchev–Trinajstić information content (AvgIpc) is 2.87. The van der Waals surface area contributed by atoms with Gasteiger partial charge in [0.25, 0.3) is 0 Å². The van der Waals surface area contributed by atoms with Crippen LogP contribution in [0.2, 0.25) is 0 Å². The second-order valence-electron chi connectivity index (χ2n) is 4.57. The number of ether oxygens (including phenoxy) is 3. The maximum atomic E-state index is 5.46. The van der Waals surface area contributed by atoms with Gasteiger partial charge in [-0.3, -0.25) is 0 Å². The van der Waals surface area contributed by atoms with Gasteiger partial charge in [-0.25, -0.2) is 0 Å². The highest BCUT2D eigenvalue weighted by Gasteiger charge is 2.22. The zero-order valence-electron chi connectivity index (χ0n) is 10.5. The smallest absolute Gasteiger partial charge is 0.231 e. The van der Waals surface area contributed by atoms with Gasteiger partial charge < -0.3 is 19.1 Å². The molecule has 2 heterocycles. The van der Waals surface area contributed by atoms with Crippen LogP contribution >= 0.6 is 11.8 Å². The molecule has 0 saturated carbocycles. The van der Waals surface area contributed by atoms with Crippen molar-refractivity contribution in [3.8, 4) is 17.2 Å². The molecule has 4 nitrogen and oxygen atoms in total. The number of nitrogens with one attached hydrogen (secondary N) is 1. The summed E-state index contributed by atoms with van der Waals surface area (Å²) in [7, 11) is 1.67. The van der Waals surface area contributed by atoms with E-state index in [1.807, 2.05) is 11.8 Å². The average molecular weight is 268 g/mol. The van der Waals surface area contributed by atoms with Crippen LogP contribution in [0, 0.1) is 0 Å². The van der Waals surface area contributed by atoms with Crippen LogP contribution < -0.4 is 19.1 Å². The fraction of sp³-hybridized carbons (Fsp3) is 0.538. The summed E-state index contributed by atoms with van der Waals surface area (Å²) in [6, 6.07) is 4.15. The lowest BCUT2D eigenvalue weighted by molar-refractivity contribution is -0.910. The summed E-state index contributed by atoms with van der Waals surface area (Å²) in [6.07, 6.45) is 0. The SMILES string of the molecule is COc1cc(C[NH+]2CCSCC2)cc2c1OCO2. The van der Waals surface area contributed by atoms with Crippen molar-refractivity contribution < 1.29 is 19.1 Å². The van der Waals surface area contributed by atoms with E-state index in [0.717, 1.165) is 23.8 Å². The molecule has 5 heteroatoms. The summed E-state index contributed by atoms with van der Waals surface area (Å²) in [6.45, 7) is 3.80. The third kappa shape index (κ3) is 2.37. The minimum atomic E-state index is 0.294. The van der Waals surface area contributed by atoms with E-state index in [-0.39, 0.29) is 0 Å². The zero-order chi connectivity index (χ0) is 12.4. The van der Waals surface area contributed by atoms with Crippen molar-refractivity contribution in [2.45, 2.75) is 6.54 Å². The Morgan fingerprint density at radius 3 is 2.89 bits per heavy atom. The molecule has 0 radical (unpaired) electrons. The van der Waals surface area contributed by atoms with Gasteiger partial charge >= 0.3 is 0 Å². The molecule has 0 unspecified atom stereocenters. The van der Waals surface area contributed by atoms with E-state index in [2.05, 4.69) is 12.1 Å². The summed E-state index contributed by atoms with van der Waals surface area (Å²) in [4.78, 5) is 1.63. The van der Waals surface area contributed by atoms with E-state index in [9.17, 15) is 0 Å². The van der Waals surface area contributed by atoms with Gasteiger partial charge in [0.1, 0.15) is 6.54 Å². The molecule has 2 aliphatic heterocycles. The Balaban J connectivity index is 1.79. The first-order valence-corrected chi connectivity index (χ1v) is 7.40. The van der Waals surface area contributed by atoms with E-state index in [1.54, 1.807) is 12.0 Å². The number of benzene rings is 1. The number of hydrogen-bond donors (Lipinski definition) is 1. The highest BCUT2D eigenvalue weighted by Crippen LogP contribution is 2.41. The molecule has 0 aliphatic carbocycles. The molecule has 0 bridgehead atoms. The minimum Gasteiger partial charge on any atom is -0.493 e. The van der Waals surface area contributed by atoms with Crippen molar-refractivity contribution in [2.75, 3.05) is 38.5 Å². The number of methoxy groups -OCH3 is 1. The first-order chi connectivity index (χ1) is 8.86. The van der Waals surface area contributed by atoms with Crippen LogP contribution in [0.5, 0.6) is 17.2 Å². The van der Waals surface area contributed by atoms with E-state index in [0.29, 0.717) is 6.79 Å². The van der Waals surface area contributed by atoms with Crippen LogP contribution in [0.25, 0.3) is 0 Å². The van der Waals surface area contributed by atoms with Gasteiger partial charge in [-0.05, 0) is 12.1 Å². The molecule has 0 spiro atoms. The summed E-state index contributed by atoms with van der Waals surface area (Å²) in [5, 5.41) is 0. The van der Waals surface area contributed by atoms with Gasteiger partial charge in [0.05, 0.1) is 20.2 Å². The minimum absolute atomic E-state index is 0.294. The Labute approximate surface area is 111 Å². The van der Waals surface area contributed by atoms with Crippen LogP contribution in [0.15, 0.2) is 12.1 Å².